The molecule has 2 aromatic carbocycles. The molecule has 1 aliphatic rings. The number of carbonyl (C=O) groups excluding carboxylic acids is 1. The largest absolute Gasteiger partial charge is 0.320 e. The average Bonchev–Trinajstić information content (AvgIpc) is 2.99. The lowest BCUT2D eigenvalue weighted by Crippen LogP contribution is -2.02. The lowest BCUT2D eigenvalue weighted by Gasteiger charge is -2.24. The van der Waals surface area contributed by atoms with Gasteiger partial charge in [0, 0.05) is 15.3 Å². The van der Waals surface area contributed by atoms with E-state index in [2.05, 4.69) is 59.9 Å². The number of nitrogens with one attached hydrogen (secondary N) is 1. The molecule has 0 saturated carbocycles. The monoisotopic (exact) mass is 323 g/mol. The van der Waals surface area contributed by atoms with Gasteiger partial charge in [-0.1, -0.05) is 48.5 Å². The predicted octanol–water partition coefficient (Wildman–Crippen LogP) is 5.18. The quantitative estimate of drug-likeness (QED) is 0.673. The molecule has 1 aromatic heterocycles. The van der Waals surface area contributed by atoms with Crippen LogP contribution < -0.4 is 5.32 Å². The number of thiophene rings is 1. The second-order valence-corrected chi connectivity index (χ2v) is 7.26. The molecule has 1 aliphatic heterocycles. The minimum atomic E-state index is 0.268. The van der Waals surface area contributed by atoms with E-state index >= 15 is 0 Å². The Bertz CT molecular complexity index is 826. The molecule has 22 heavy (non-hydrogen) atoms. The van der Waals surface area contributed by atoms with Crippen LogP contribution in [0.5, 0.6) is 0 Å². The fourth-order valence-electron chi connectivity index (χ4n) is 2.76. The Morgan fingerprint density at radius 3 is 2.59 bits per heavy atom. The molecule has 0 radical (unpaired) electrons. The van der Waals surface area contributed by atoms with Crippen molar-refractivity contribution in [3.63, 3.8) is 0 Å². The molecule has 1 atom stereocenters. The molecule has 2 nitrogen and oxygen atoms in total. The van der Waals surface area contributed by atoms with E-state index < -0.39 is 0 Å². The topological polar surface area (TPSA) is 29.1 Å². The molecule has 1 unspecified atom stereocenters. The Hall–Kier alpha value is -2.04. The van der Waals surface area contributed by atoms with Crippen molar-refractivity contribution in [3.05, 3.63) is 71.8 Å². The molecule has 108 valence electrons. The smallest absolute Gasteiger partial charge is 0.212 e. The van der Waals surface area contributed by atoms with E-state index in [1.165, 1.54) is 26.5 Å². The number of amides is 1. The molecular formula is C18H13NOS2. The molecule has 1 amide bonds. The third-order valence-corrected chi connectivity index (χ3v) is 6.21. The highest BCUT2D eigenvalue weighted by Gasteiger charge is 2.28. The maximum absolute atomic E-state index is 10.8. The predicted molar refractivity (Wildman–Crippen MR) is 93.6 cm³/mol. The molecule has 3 aromatic rings. The first-order chi connectivity index (χ1) is 10.9. The zero-order valence-corrected chi connectivity index (χ0v) is 13.3. The Morgan fingerprint density at radius 2 is 1.77 bits per heavy atom. The second-order valence-electron chi connectivity index (χ2n) is 5.06. The summed E-state index contributed by atoms with van der Waals surface area (Å²) in [7, 11) is 0. The molecule has 1 N–H and O–H groups in total. The lowest BCUT2D eigenvalue weighted by molar-refractivity contribution is -0.105. The maximum Gasteiger partial charge on any atom is 0.212 e. The van der Waals surface area contributed by atoms with Crippen LogP contribution in [0.25, 0.3) is 10.4 Å². The van der Waals surface area contributed by atoms with Gasteiger partial charge in [0.1, 0.15) is 0 Å². The summed E-state index contributed by atoms with van der Waals surface area (Å²) in [5.74, 6) is 0. The minimum absolute atomic E-state index is 0.268. The van der Waals surface area contributed by atoms with Gasteiger partial charge < -0.3 is 5.32 Å². The molecule has 4 rings (SSSR count). The summed E-state index contributed by atoms with van der Waals surface area (Å²) in [4.78, 5) is 13.3. The van der Waals surface area contributed by atoms with Gasteiger partial charge in [-0.25, -0.2) is 0 Å². The van der Waals surface area contributed by atoms with Crippen LogP contribution >= 0.6 is 23.1 Å². The van der Waals surface area contributed by atoms with Crippen LogP contribution in [0.3, 0.4) is 0 Å². The molecule has 2 heterocycles. The number of hydrogen-bond acceptors (Lipinski definition) is 3. The van der Waals surface area contributed by atoms with Crippen molar-refractivity contribution < 1.29 is 4.79 Å². The van der Waals surface area contributed by atoms with Crippen molar-refractivity contribution in [3.8, 4) is 10.4 Å². The number of rotatable bonds is 3. The van der Waals surface area contributed by atoms with Crippen LogP contribution in [0.1, 0.15) is 16.4 Å². The highest BCUT2D eigenvalue weighted by molar-refractivity contribution is 8.00. The van der Waals surface area contributed by atoms with E-state index in [4.69, 9.17) is 0 Å². The SMILES string of the molecule is O=CNc1cc2c(s1)-c1ccccc1SC2c1ccccc1. The molecular weight excluding hydrogens is 310 g/mol. The van der Waals surface area contributed by atoms with Gasteiger partial charge in [-0.2, -0.15) is 0 Å². The van der Waals surface area contributed by atoms with E-state index in [0.717, 1.165) is 11.4 Å². The van der Waals surface area contributed by atoms with Crippen molar-refractivity contribution in [2.45, 2.75) is 10.1 Å². The van der Waals surface area contributed by atoms with E-state index in [9.17, 15) is 4.79 Å². The van der Waals surface area contributed by atoms with Crippen LogP contribution in [0, 0.1) is 0 Å². The fraction of sp³-hybridized carbons (Fsp3) is 0.0556. The van der Waals surface area contributed by atoms with E-state index in [-0.39, 0.29) is 5.25 Å². The molecule has 0 aliphatic carbocycles. The van der Waals surface area contributed by atoms with Gasteiger partial charge in [0.2, 0.25) is 6.41 Å². The van der Waals surface area contributed by atoms with Crippen LogP contribution in [0.2, 0.25) is 0 Å². The number of anilines is 1. The maximum atomic E-state index is 10.8. The number of hydrogen-bond donors (Lipinski definition) is 1. The van der Waals surface area contributed by atoms with Gasteiger partial charge in [0.15, 0.2) is 0 Å². The van der Waals surface area contributed by atoms with Gasteiger partial charge in [-0.15, -0.1) is 23.1 Å². The molecule has 0 saturated heterocycles. The van der Waals surface area contributed by atoms with Gasteiger partial charge in [0.25, 0.3) is 0 Å². The first-order valence-electron chi connectivity index (χ1n) is 7.02. The number of fused-ring (bicyclic) bond motifs is 3. The summed E-state index contributed by atoms with van der Waals surface area (Å²) >= 11 is 3.52. The summed E-state index contributed by atoms with van der Waals surface area (Å²) < 4.78 is 0. The summed E-state index contributed by atoms with van der Waals surface area (Å²) in [6, 6.07) is 21.1. The Kier molecular flexibility index (Phi) is 3.48. The Balaban J connectivity index is 1.89. The lowest BCUT2D eigenvalue weighted by atomic mass is 10.0. The number of thioether (sulfide) groups is 1. The van der Waals surface area contributed by atoms with Crippen LogP contribution in [0.4, 0.5) is 5.00 Å². The fourth-order valence-corrected chi connectivity index (χ4v) is 5.31. The van der Waals surface area contributed by atoms with E-state index in [1.807, 2.05) is 17.8 Å². The van der Waals surface area contributed by atoms with Crippen LogP contribution in [-0.2, 0) is 4.79 Å². The Morgan fingerprint density at radius 1 is 1.00 bits per heavy atom. The van der Waals surface area contributed by atoms with Crippen molar-refractivity contribution in [1.29, 1.82) is 0 Å². The third kappa shape index (κ3) is 2.25. The average molecular weight is 323 g/mol. The zero-order valence-electron chi connectivity index (χ0n) is 11.7. The standard InChI is InChI=1S/C18H13NOS2/c20-11-19-16-10-14-17(12-6-2-1-3-7-12)21-15-9-5-4-8-13(15)18(14)22-16/h1-11,17H,(H,19,20). The van der Waals surface area contributed by atoms with Gasteiger partial charge in [-0.05, 0) is 23.3 Å². The van der Waals surface area contributed by atoms with Crippen LogP contribution in [0.15, 0.2) is 65.6 Å². The molecule has 0 bridgehead atoms. The first kappa shape index (κ1) is 13.6. The molecule has 0 spiro atoms. The molecule has 0 fully saturated rings. The number of benzene rings is 2. The second kappa shape index (κ2) is 5.63. The van der Waals surface area contributed by atoms with Crippen molar-refractivity contribution in [2.24, 2.45) is 0 Å². The number of carbonyl (C=O) groups is 1. The third-order valence-electron chi connectivity index (χ3n) is 3.72. The Labute approximate surface area is 137 Å². The van der Waals surface area contributed by atoms with Crippen molar-refractivity contribution >= 4 is 34.5 Å². The summed E-state index contributed by atoms with van der Waals surface area (Å²) in [6.45, 7) is 0. The minimum Gasteiger partial charge on any atom is -0.320 e. The first-order valence-corrected chi connectivity index (χ1v) is 8.71. The summed E-state index contributed by atoms with van der Waals surface area (Å²) in [6.07, 6.45) is 0.744. The summed E-state index contributed by atoms with van der Waals surface area (Å²) in [5, 5.41) is 3.97. The van der Waals surface area contributed by atoms with Gasteiger partial charge >= 0.3 is 0 Å². The van der Waals surface area contributed by atoms with Crippen molar-refractivity contribution in [1.82, 2.24) is 0 Å². The summed E-state index contributed by atoms with van der Waals surface area (Å²) in [5.41, 5.74) is 3.83. The highest BCUT2D eigenvalue weighted by Crippen LogP contribution is 2.55. The van der Waals surface area contributed by atoms with Crippen LogP contribution in [-0.4, -0.2) is 6.41 Å². The van der Waals surface area contributed by atoms with E-state index in [1.54, 1.807) is 11.3 Å². The van der Waals surface area contributed by atoms with Gasteiger partial charge in [-0.3, -0.25) is 4.79 Å². The normalized spacial score (nSPS) is 15.7. The highest BCUT2D eigenvalue weighted by atomic mass is 32.2. The van der Waals surface area contributed by atoms with Crippen molar-refractivity contribution in [2.75, 3.05) is 5.32 Å². The molecule has 4 heteroatoms. The van der Waals surface area contributed by atoms with E-state index in [0.29, 0.717) is 0 Å². The zero-order chi connectivity index (χ0) is 14.9. The van der Waals surface area contributed by atoms with Gasteiger partial charge in [0.05, 0.1) is 10.3 Å².